The molecule has 0 aliphatic carbocycles. The summed E-state index contributed by atoms with van der Waals surface area (Å²) in [6.45, 7) is 0. The summed E-state index contributed by atoms with van der Waals surface area (Å²) in [5.41, 5.74) is 2.40. The number of carbonyl (C=O) groups is 1. The van der Waals surface area contributed by atoms with Gasteiger partial charge in [0.25, 0.3) is 0 Å². The van der Waals surface area contributed by atoms with Crippen LogP contribution in [0.3, 0.4) is 0 Å². The zero-order chi connectivity index (χ0) is 10.7. The third kappa shape index (κ3) is 2.22. The third-order valence-corrected chi connectivity index (χ3v) is 2.06. The first-order chi connectivity index (χ1) is 7.25. The first-order valence-corrected chi connectivity index (χ1v) is 4.56. The minimum absolute atomic E-state index is 0.0719. The van der Waals surface area contributed by atoms with Gasteiger partial charge in [0.05, 0.1) is 12.1 Å². The molecule has 1 aromatic rings. The van der Waals surface area contributed by atoms with E-state index in [2.05, 4.69) is 10.3 Å². The molecule has 0 fully saturated rings. The van der Waals surface area contributed by atoms with Gasteiger partial charge in [0.15, 0.2) is 0 Å². The third-order valence-electron chi connectivity index (χ3n) is 2.06. The van der Waals surface area contributed by atoms with E-state index in [1.54, 1.807) is 12.4 Å². The highest BCUT2D eigenvalue weighted by Crippen LogP contribution is 2.17. The number of benzene rings is 1. The van der Waals surface area contributed by atoms with E-state index in [1.165, 1.54) is 0 Å². The molecule has 0 atom stereocenters. The van der Waals surface area contributed by atoms with E-state index < -0.39 is 5.97 Å². The van der Waals surface area contributed by atoms with Crippen LogP contribution in [0.15, 0.2) is 41.2 Å². The van der Waals surface area contributed by atoms with E-state index in [1.807, 2.05) is 24.3 Å². The molecule has 0 saturated carbocycles. The number of carboxylic acids is 1. The molecule has 0 amide bonds. The first kappa shape index (κ1) is 9.45. The Morgan fingerprint density at radius 3 is 3.00 bits per heavy atom. The van der Waals surface area contributed by atoms with Crippen molar-refractivity contribution in [3.63, 3.8) is 0 Å². The second-order valence-electron chi connectivity index (χ2n) is 3.20. The average molecular weight is 202 g/mol. The van der Waals surface area contributed by atoms with Gasteiger partial charge in [0.1, 0.15) is 0 Å². The summed E-state index contributed by atoms with van der Waals surface area (Å²) in [6, 6.07) is 7.66. The van der Waals surface area contributed by atoms with E-state index >= 15 is 0 Å². The Bertz CT molecular complexity index is 450. The smallest absolute Gasteiger partial charge is 0.309 e. The maximum absolute atomic E-state index is 10.5. The van der Waals surface area contributed by atoms with Gasteiger partial charge in [0.2, 0.25) is 0 Å². The molecule has 1 aliphatic heterocycles. The average Bonchev–Trinajstić information content (AvgIpc) is 2.41. The van der Waals surface area contributed by atoms with E-state index in [0.29, 0.717) is 5.70 Å². The number of hydrogen-bond donors (Lipinski definition) is 2. The summed E-state index contributed by atoms with van der Waals surface area (Å²) in [5.74, 6) is -0.883. The van der Waals surface area contributed by atoms with Crippen molar-refractivity contribution in [3.8, 4) is 0 Å². The van der Waals surface area contributed by atoms with Crippen molar-refractivity contribution in [1.82, 2.24) is 0 Å². The van der Waals surface area contributed by atoms with E-state index in [0.717, 1.165) is 11.3 Å². The van der Waals surface area contributed by atoms with Gasteiger partial charge in [-0.3, -0.25) is 9.79 Å². The summed E-state index contributed by atoms with van der Waals surface area (Å²) in [6.07, 6.45) is 3.22. The lowest BCUT2D eigenvalue weighted by Crippen LogP contribution is -1.97. The summed E-state index contributed by atoms with van der Waals surface area (Å²) in [4.78, 5) is 14.6. The van der Waals surface area contributed by atoms with Crippen LogP contribution in [-0.4, -0.2) is 17.3 Å². The van der Waals surface area contributed by atoms with Gasteiger partial charge in [-0.2, -0.15) is 0 Å². The number of aliphatic imine (C=N–C) groups is 1. The van der Waals surface area contributed by atoms with Crippen LogP contribution < -0.4 is 5.32 Å². The number of carboxylic acid groups (broad SMARTS) is 1. The van der Waals surface area contributed by atoms with Crippen molar-refractivity contribution in [2.24, 2.45) is 4.99 Å². The van der Waals surface area contributed by atoms with Gasteiger partial charge < -0.3 is 10.4 Å². The summed E-state index contributed by atoms with van der Waals surface area (Å²) in [5, 5.41) is 11.7. The quantitative estimate of drug-likeness (QED) is 0.769. The lowest BCUT2D eigenvalue weighted by Gasteiger charge is -2.01. The van der Waals surface area contributed by atoms with Crippen LogP contribution in [0.25, 0.3) is 0 Å². The molecule has 0 saturated heterocycles. The highest BCUT2D eigenvalue weighted by atomic mass is 16.4. The number of nitrogens with one attached hydrogen (secondary N) is 1. The molecule has 1 aromatic carbocycles. The zero-order valence-corrected chi connectivity index (χ0v) is 7.97. The molecule has 1 heterocycles. The van der Waals surface area contributed by atoms with Crippen molar-refractivity contribution >= 4 is 17.9 Å². The molecule has 0 bridgehead atoms. The fraction of sp³-hybridized carbons (Fsp3) is 0.0909. The molecule has 0 aromatic heterocycles. The lowest BCUT2D eigenvalue weighted by molar-refractivity contribution is -0.136. The molecule has 0 radical (unpaired) electrons. The van der Waals surface area contributed by atoms with Crippen molar-refractivity contribution in [3.05, 3.63) is 41.7 Å². The maximum Gasteiger partial charge on any atom is 0.309 e. The minimum Gasteiger partial charge on any atom is -0.481 e. The van der Waals surface area contributed by atoms with Gasteiger partial charge in [-0.05, 0) is 6.07 Å². The summed E-state index contributed by atoms with van der Waals surface area (Å²) in [7, 11) is 0. The van der Waals surface area contributed by atoms with E-state index in [4.69, 9.17) is 5.11 Å². The molecule has 0 spiro atoms. The monoisotopic (exact) mass is 202 g/mol. The van der Waals surface area contributed by atoms with Gasteiger partial charge >= 0.3 is 5.97 Å². The SMILES string of the molecule is O=C(O)CC1=CNc2ccccc2C=N1. The minimum atomic E-state index is -0.883. The number of anilines is 1. The Hall–Kier alpha value is -2.10. The van der Waals surface area contributed by atoms with Crippen molar-refractivity contribution in [2.75, 3.05) is 5.32 Å². The molecular formula is C11H10N2O2. The highest BCUT2D eigenvalue weighted by Gasteiger charge is 2.06. The lowest BCUT2D eigenvalue weighted by atomic mass is 10.2. The highest BCUT2D eigenvalue weighted by molar-refractivity contribution is 5.89. The van der Waals surface area contributed by atoms with Crippen LogP contribution in [0.2, 0.25) is 0 Å². The fourth-order valence-corrected chi connectivity index (χ4v) is 1.34. The number of hydrogen-bond acceptors (Lipinski definition) is 3. The molecule has 4 heteroatoms. The van der Waals surface area contributed by atoms with Gasteiger partial charge in [-0.15, -0.1) is 0 Å². The van der Waals surface area contributed by atoms with Crippen LogP contribution in [0.5, 0.6) is 0 Å². The first-order valence-electron chi connectivity index (χ1n) is 4.56. The summed E-state index contributed by atoms with van der Waals surface area (Å²) < 4.78 is 0. The van der Waals surface area contributed by atoms with Crippen molar-refractivity contribution < 1.29 is 9.90 Å². The predicted molar refractivity (Wildman–Crippen MR) is 58.0 cm³/mol. The fourth-order valence-electron chi connectivity index (χ4n) is 1.34. The Balaban J connectivity index is 2.25. The number of rotatable bonds is 2. The largest absolute Gasteiger partial charge is 0.481 e. The predicted octanol–water partition coefficient (Wildman–Crippen LogP) is 1.85. The second kappa shape index (κ2) is 3.96. The molecule has 1 aliphatic rings. The Morgan fingerprint density at radius 2 is 2.20 bits per heavy atom. The van der Waals surface area contributed by atoms with Crippen molar-refractivity contribution in [1.29, 1.82) is 0 Å². The normalized spacial score (nSPS) is 13.5. The second-order valence-corrected chi connectivity index (χ2v) is 3.20. The van der Waals surface area contributed by atoms with E-state index in [-0.39, 0.29) is 6.42 Å². The van der Waals surface area contributed by atoms with Crippen LogP contribution in [-0.2, 0) is 4.79 Å². The topological polar surface area (TPSA) is 61.7 Å². The molecule has 4 nitrogen and oxygen atoms in total. The molecule has 2 rings (SSSR count). The van der Waals surface area contributed by atoms with Gasteiger partial charge in [0, 0.05) is 23.7 Å². The number of aliphatic carboxylic acids is 1. The van der Waals surface area contributed by atoms with Crippen molar-refractivity contribution in [2.45, 2.75) is 6.42 Å². The Labute approximate surface area is 87.0 Å². The summed E-state index contributed by atoms with van der Waals surface area (Å²) >= 11 is 0. The van der Waals surface area contributed by atoms with Crippen LogP contribution in [0.1, 0.15) is 12.0 Å². The number of fused-ring (bicyclic) bond motifs is 1. The molecule has 15 heavy (non-hydrogen) atoms. The van der Waals surface area contributed by atoms with Crippen LogP contribution in [0.4, 0.5) is 5.69 Å². The Kier molecular flexibility index (Phi) is 2.49. The van der Waals surface area contributed by atoms with E-state index in [9.17, 15) is 4.79 Å². The molecule has 2 N–H and O–H groups in total. The van der Waals surface area contributed by atoms with Crippen LogP contribution in [0, 0.1) is 0 Å². The maximum atomic E-state index is 10.5. The molecular weight excluding hydrogens is 192 g/mol. The zero-order valence-electron chi connectivity index (χ0n) is 7.97. The number of nitrogens with zero attached hydrogens (tertiary/aromatic N) is 1. The van der Waals surface area contributed by atoms with Gasteiger partial charge in [-0.1, -0.05) is 18.2 Å². The van der Waals surface area contributed by atoms with Gasteiger partial charge in [-0.25, -0.2) is 0 Å². The number of para-hydroxylation sites is 1. The van der Waals surface area contributed by atoms with Crippen LogP contribution >= 0.6 is 0 Å². The molecule has 76 valence electrons. The molecule has 0 unspecified atom stereocenters. The Morgan fingerprint density at radius 1 is 1.40 bits per heavy atom. The standard InChI is InChI=1S/C11H10N2O2/c14-11(15)5-9-7-13-10-4-2-1-3-8(10)6-12-9/h1-4,6-7,13H,5H2,(H,14,15).